The Kier molecular flexibility index (Phi) is 4.57. The minimum Gasteiger partial charge on any atom is -0.477 e. The Morgan fingerprint density at radius 1 is 1.50 bits per heavy atom. The minimum absolute atomic E-state index is 0.0425. The van der Waals surface area contributed by atoms with Crippen molar-refractivity contribution in [2.75, 3.05) is 30.3 Å². The minimum atomic E-state index is -1.02. The molecule has 3 heterocycles. The Balaban J connectivity index is 2.09. The molecule has 1 aliphatic heterocycles. The normalized spacial score (nSPS) is 15.4. The van der Waals surface area contributed by atoms with Gasteiger partial charge in [-0.3, -0.25) is 4.79 Å². The van der Waals surface area contributed by atoms with Gasteiger partial charge in [0.05, 0.1) is 5.69 Å². The van der Waals surface area contributed by atoms with Crippen LogP contribution in [0.3, 0.4) is 0 Å². The molecule has 2 aromatic rings. The number of anilines is 2. The molecule has 0 radical (unpaired) electrons. The van der Waals surface area contributed by atoms with Gasteiger partial charge in [-0.1, -0.05) is 13.3 Å². The number of hydrogen-bond donors (Lipinski definition) is 3. The summed E-state index contributed by atoms with van der Waals surface area (Å²) < 4.78 is 0. The Labute approximate surface area is 143 Å². The zero-order valence-corrected chi connectivity index (χ0v) is 14.3. The van der Waals surface area contributed by atoms with Crippen LogP contribution in [-0.4, -0.2) is 41.6 Å². The molecule has 1 aliphatic rings. The van der Waals surface area contributed by atoms with E-state index in [4.69, 9.17) is 5.73 Å². The van der Waals surface area contributed by atoms with Crippen molar-refractivity contribution in [2.24, 2.45) is 0 Å². The summed E-state index contributed by atoms with van der Waals surface area (Å²) in [6, 6.07) is 1.98. The van der Waals surface area contributed by atoms with E-state index in [9.17, 15) is 14.7 Å². The average Bonchev–Trinajstić information content (AvgIpc) is 2.73. The first-order valence-corrected chi connectivity index (χ1v) is 8.79. The number of carbonyl (C=O) groups excluding carboxylic acids is 1. The molecule has 0 aromatic carbocycles. The number of rotatable bonds is 4. The fraction of sp³-hybridized carbons (Fsp3) is 0.438. The third-order valence-electron chi connectivity index (χ3n) is 4.12. The average molecular weight is 348 g/mol. The summed E-state index contributed by atoms with van der Waals surface area (Å²) in [5.74, 6) is -0.203. The lowest BCUT2D eigenvalue weighted by atomic mass is 10.1. The van der Waals surface area contributed by atoms with Crippen molar-refractivity contribution in [2.45, 2.75) is 26.2 Å². The molecular formula is C16H20N4O3S. The quantitative estimate of drug-likeness (QED) is 0.778. The molecule has 1 amide bonds. The molecule has 8 heteroatoms. The molecule has 3 rings (SSSR count). The van der Waals surface area contributed by atoms with E-state index in [1.165, 1.54) is 0 Å². The summed E-state index contributed by atoms with van der Waals surface area (Å²) in [4.78, 5) is 30.4. The molecule has 0 bridgehead atoms. The first kappa shape index (κ1) is 16.5. The predicted octanol–water partition coefficient (Wildman–Crippen LogP) is 1.86. The number of carboxylic acid groups (broad SMARTS) is 1. The fourth-order valence-electron chi connectivity index (χ4n) is 2.97. The molecule has 7 nitrogen and oxygen atoms in total. The van der Waals surface area contributed by atoms with E-state index < -0.39 is 5.97 Å². The zero-order valence-electron chi connectivity index (χ0n) is 13.5. The Hall–Kier alpha value is -2.35. The SMILES string of the molecule is CCCc1cc(N2CCNC(=O)CC2)nc2sc(C(=O)O)c(N)c12. The van der Waals surface area contributed by atoms with Gasteiger partial charge in [-0.05, 0) is 18.1 Å². The van der Waals surface area contributed by atoms with Crippen LogP contribution < -0.4 is 16.0 Å². The third-order valence-corrected chi connectivity index (χ3v) is 5.20. The van der Waals surface area contributed by atoms with Crippen molar-refractivity contribution in [1.29, 1.82) is 0 Å². The van der Waals surface area contributed by atoms with Gasteiger partial charge in [0.1, 0.15) is 15.5 Å². The maximum atomic E-state index is 11.5. The molecule has 1 saturated heterocycles. The molecule has 0 saturated carbocycles. The highest BCUT2D eigenvalue weighted by atomic mass is 32.1. The van der Waals surface area contributed by atoms with Crippen molar-refractivity contribution in [3.05, 3.63) is 16.5 Å². The number of thiophene rings is 1. The van der Waals surface area contributed by atoms with Gasteiger partial charge in [0.25, 0.3) is 0 Å². The smallest absolute Gasteiger partial charge is 0.348 e. The maximum Gasteiger partial charge on any atom is 0.348 e. The summed E-state index contributed by atoms with van der Waals surface area (Å²) in [5, 5.41) is 12.9. The topological polar surface area (TPSA) is 109 Å². The molecular weight excluding hydrogens is 328 g/mol. The zero-order chi connectivity index (χ0) is 17.3. The number of carboxylic acids is 1. The van der Waals surface area contributed by atoms with E-state index in [1.54, 1.807) is 0 Å². The van der Waals surface area contributed by atoms with Crippen LogP contribution in [0.4, 0.5) is 11.5 Å². The number of fused-ring (bicyclic) bond motifs is 1. The molecule has 0 unspecified atom stereocenters. The number of aromatic carboxylic acids is 1. The van der Waals surface area contributed by atoms with Gasteiger partial charge in [-0.25, -0.2) is 9.78 Å². The Morgan fingerprint density at radius 3 is 3.00 bits per heavy atom. The van der Waals surface area contributed by atoms with E-state index in [0.717, 1.165) is 40.9 Å². The van der Waals surface area contributed by atoms with Gasteiger partial charge in [0.2, 0.25) is 5.91 Å². The largest absolute Gasteiger partial charge is 0.477 e. The molecule has 1 fully saturated rings. The van der Waals surface area contributed by atoms with Crippen LogP contribution in [0.1, 0.15) is 35.0 Å². The standard InChI is InChI=1S/C16H20N4O3S/c1-2-3-9-8-10(20-6-4-11(21)18-5-7-20)19-15-12(9)13(17)14(24-15)16(22)23/h8H,2-7,17H2,1H3,(H,18,21)(H,22,23). The van der Waals surface area contributed by atoms with Crippen LogP contribution in [0.15, 0.2) is 6.07 Å². The van der Waals surface area contributed by atoms with E-state index in [-0.39, 0.29) is 10.8 Å². The predicted molar refractivity (Wildman–Crippen MR) is 94.8 cm³/mol. The van der Waals surface area contributed by atoms with Gasteiger partial charge in [0, 0.05) is 31.4 Å². The first-order chi connectivity index (χ1) is 11.5. The van der Waals surface area contributed by atoms with E-state index >= 15 is 0 Å². The van der Waals surface area contributed by atoms with E-state index in [0.29, 0.717) is 36.6 Å². The maximum absolute atomic E-state index is 11.5. The first-order valence-electron chi connectivity index (χ1n) is 7.98. The third kappa shape index (κ3) is 3.01. The summed E-state index contributed by atoms with van der Waals surface area (Å²) in [6.07, 6.45) is 2.16. The number of carbonyl (C=O) groups is 2. The summed E-state index contributed by atoms with van der Waals surface area (Å²) in [6.45, 7) is 3.93. The monoisotopic (exact) mass is 348 g/mol. The second-order valence-electron chi connectivity index (χ2n) is 5.81. The molecule has 0 atom stereocenters. The lowest BCUT2D eigenvalue weighted by molar-refractivity contribution is -0.120. The van der Waals surface area contributed by atoms with E-state index in [1.807, 2.05) is 6.07 Å². The van der Waals surface area contributed by atoms with Crippen molar-refractivity contribution in [3.8, 4) is 0 Å². The number of hydrogen-bond acceptors (Lipinski definition) is 6. The van der Waals surface area contributed by atoms with Crippen molar-refractivity contribution < 1.29 is 14.7 Å². The lowest BCUT2D eigenvalue weighted by Gasteiger charge is -2.21. The van der Waals surface area contributed by atoms with Crippen LogP contribution in [-0.2, 0) is 11.2 Å². The van der Waals surface area contributed by atoms with Crippen molar-refractivity contribution >= 4 is 44.9 Å². The summed E-state index contributed by atoms with van der Waals surface area (Å²) >= 11 is 1.11. The van der Waals surface area contributed by atoms with Crippen LogP contribution in [0.2, 0.25) is 0 Å². The number of nitrogens with one attached hydrogen (secondary N) is 1. The second kappa shape index (κ2) is 6.64. The van der Waals surface area contributed by atoms with Gasteiger partial charge < -0.3 is 21.1 Å². The molecule has 24 heavy (non-hydrogen) atoms. The van der Waals surface area contributed by atoms with Crippen molar-refractivity contribution in [1.82, 2.24) is 10.3 Å². The number of nitrogens with two attached hydrogens (primary N) is 1. The molecule has 0 aliphatic carbocycles. The van der Waals surface area contributed by atoms with Crippen LogP contribution in [0.5, 0.6) is 0 Å². The van der Waals surface area contributed by atoms with Crippen molar-refractivity contribution in [3.63, 3.8) is 0 Å². The highest BCUT2D eigenvalue weighted by molar-refractivity contribution is 7.21. The summed E-state index contributed by atoms with van der Waals surface area (Å²) in [7, 11) is 0. The van der Waals surface area contributed by atoms with Gasteiger partial charge in [-0.15, -0.1) is 11.3 Å². The number of aryl methyl sites for hydroxylation is 1. The Morgan fingerprint density at radius 2 is 2.29 bits per heavy atom. The molecule has 2 aromatic heterocycles. The summed E-state index contributed by atoms with van der Waals surface area (Å²) in [5.41, 5.74) is 7.38. The fourth-order valence-corrected chi connectivity index (χ4v) is 3.94. The van der Waals surface area contributed by atoms with Crippen LogP contribution in [0, 0.1) is 0 Å². The number of nitrogens with zero attached hydrogens (tertiary/aromatic N) is 2. The van der Waals surface area contributed by atoms with E-state index in [2.05, 4.69) is 22.1 Å². The second-order valence-corrected chi connectivity index (χ2v) is 6.81. The Bertz CT molecular complexity index is 802. The van der Waals surface area contributed by atoms with Crippen LogP contribution >= 0.6 is 11.3 Å². The number of amides is 1. The number of pyridine rings is 1. The highest BCUT2D eigenvalue weighted by Gasteiger charge is 2.22. The van der Waals surface area contributed by atoms with Crippen LogP contribution in [0.25, 0.3) is 10.2 Å². The molecule has 128 valence electrons. The number of aromatic nitrogens is 1. The van der Waals surface area contributed by atoms with Gasteiger partial charge in [-0.2, -0.15) is 0 Å². The molecule has 0 spiro atoms. The molecule has 4 N–H and O–H groups in total. The highest BCUT2D eigenvalue weighted by Crippen LogP contribution is 2.37. The van der Waals surface area contributed by atoms with Gasteiger partial charge >= 0.3 is 5.97 Å². The lowest BCUT2D eigenvalue weighted by Crippen LogP contribution is -2.29. The number of nitrogen functional groups attached to an aromatic ring is 1. The van der Waals surface area contributed by atoms with Gasteiger partial charge in [0.15, 0.2) is 0 Å².